The molecule has 0 spiro atoms. The average molecular weight is 394 g/mol. The van der Waals surface area contributed by atoms with Gasteiger partial charge in [-0.1, -0.05) is 42.5 Å². The van der Waals surface area contributed by atoms with Gasteiger partial charge in [0.15, 0.2) is 0 Å². The van der Waals surface area contributed by atoms with Crippen LogP contribution in [0.5, 0.6) is 0 Å². The summed E-state index contributed by atoms with van der Waals surface area (Å²) in [5, 5.41) is 5.90. The molecule has 4 nitrogen and oxygen atoms in total. The van der Waals surface area contributed by atoms with E-state index in [9.17, 15) is 0 Å². The normalized spacial score (nSPS) is 11.7. The average Bonchev–Trinajstić information content (AvgIpc) is 2.53. The molecule has 24 heavy (non-hydrogen) atoms. The summed E-state index contributed by atoms with van der Waals surface area (Å²) in [4.78, 5) is 13.3. The largest absolute Gasteiger partial charge is 3.00 e. The van der Waals surface area contributed by atoms with Gasteiger partial charge in [-0.15, -0.1) is 0 Å². The first-order valence-corrected chi connectivity index (χ1v) is 7.82. The van der Waals surface area contributed by atoms with E-state index in [2.05, 4.69) is 69.7 Å². The Morgan fingerprint density at radius 2 is 1.67 bits per heavy atom. The van der Waals surface area contributed by atoms with Crippen molar-refractivity contribution < 1.29 is 32.7 Å². The Balaban J connectivity index is 0.00000208. The van der Waals surface area contributed by atoms with Gasteiger partial charge in [-0.25, -0.2) is 4.98 Å². The number of nitrogens with one attached hydrogen (secondary N) is 1. The van der Waals surface area contributed by atoms with Crippen LogP contribution in [0.4, 0.5) is 5.95 Å². The Hall–Kier alpha value is -1.52. The van der Waals surface area contributed by atoms with Crippen LogP contribution in [0.1, 0.15) is 44.0 Å². The molecular weight excluding hydrogens is 373 g/mol. The van der Waals surface area contributed by atoms with Gasteiger partial charge in [-0.05, 0) is 30.2 Å². The molecule has 2 aromatic carbocycles. The quantitative estimate of drug-likeness (QED) is 0.664. The first-order valence-electron chi connectivity index (χ1n) is 7.82. The number of nitrogens with zero attached hydrogens (tertiary/aromatic N) is 3. The van der Waals surface area contributed by atoms with E-state index in [0.717, 1.165) is 17.6 Å². The van der Waals surface area contributed by atoms with Crippen LogP contribution in [0.2, 0.25) is 0 Å². The van der Waals surface area contributed by atoms with Crippen LogP contribution in [0.15, 0.2) is 42.5 Å². The fourth-order valence-corrected chi connectivity index (χ4v) is 2.67. The number of benzene rings is 2. The summed E-state index contributed by atoms with van der Waals surface area (Å²) in [6, 6.07) is 14.9. The topological polar surface area (TPSA) is 50.7 Å². The van der Waals surface area contributed by atoms with Crippen molar-refractivity contribution in [3.8, 4) is 0 Å². The van der Waals surface area contributed by atoms with Crippen molar-refractivity contribution in [1.29, 1.82) is 0 Å². The third kappa shape index (κ3) is 4.11. The summed E-state index contributed by atoms with van der Waals surface area (Å²) in [5.41, 5.74) is 1.24. The summed E-state index contributed by atoms with van der Waals surface area (Å²) in [6.07, 6.45) is 0. The van der Waals surface area contributed by atoms with Gasteiger partial charge >= 0.3 is 32.7 Å². The van der Waals surface area contributed by atoms with Crippen LogP contribution < -0.4 is 5.32 Å². The van der Waals surface area contributed by atoms with Gasteiger partial charge in [0.1, 0.15) is 5.82 Å². The molecule has 0 aliphatic carbocycles. The minimum atomic E-state index is 0. The van der Waals surface area contributed by atoms with Gasteiger partial charge in [0.25, 0.3) is 0 Å². The predicted octanol–water partition coefficient (Wildman–Crippen LogP) is 4.47. The van der Waals surface area contributed by atoms with Crippen molar-refractivity contribution in [2.24, 2.45) is 0 Å². The van der Waals surface area contributed by atoms with Crippen molar-refractivity contribution in [1.82, 2.24) is 15.0 Å². The zero-order valence-electron chi connectivity index (χ0n) is 14.5. The Labute approximate surface area is 168 Å². The number of anilines is 1. The molecule has 0 aliphatic heterocycles. The van der Waals surface area contributed by atoms with Gasteiger partial charge in [0, 0.05) is 5.82 Å². The molecule has 1 unspecified atom stereocenters. The van der Waals surface area contributed by atoms with E-state index in [1.165, 1.54) is 16.3 Å². The molecule has 118 valence electrons. The van der Waals surface area contributed by atoms with E-state index in [1.54, 1.807) is 0 Å². The van der Waals surface area contributed by atoms with Crippen molar-refractivity contribution in [3.63, 3.8) is 0 Å². The SMILES string of the molecule is Cc1nc(NC(C)c2cccc3ccccc23)nc([C-](C)C)n1.[Y+3]. The molecule has 5 heteroatoms. The van der Waals surface area contributed by atoms with E-state index in [1.807, 2.05) is 20.8 Å². The van der Waals surface area contributed by atoms with E-state index < -0.39 is 0 Å². The maximum Gasteiger partial charge on any atom is 3.00 e. The smallest absolute Gasteiger partial charge is 0.348 e. The fraction of sp³-hybridized carbons (Fsp3) is 0.263. The Morgan fingerprint density at radius 1 is 0.958 bits per heavy atom. The van der Waals surface area contributed by atoms with Crippen LogP contribution in [-0.2, 0) is 32.7 Å². The summed E-state index contributed by atoms with van der Waals surface area (Å²) < 4.78 is 0. The number of aromatic nitrogens is 3. The van der Waals surface area contributed by atoms with Crippen LogP contribution in [0.3, 0.4) is 0 Å². The molecule has 1 heterocycles. The summed E-state index contributed by atoms with van der Waals surface area (Å²) in [5.74, 6) is 3.17. The van der Waals surface area contributed by atoms with E-state index in [4.69, 9.17) is 0 Å². The molecule has 3 rings (SSSR count). The van der Waals surface area contributed by atoms with E-state index >= 15 is 0 Å². The van der Waals surface area contributed by atoms with Crippen molar-refractivity contribution >= 4 is 16.7 Å². The fourth-order valence-electron chi connectivity index (χ4n) is 2.67. The van der Waals surface area contributed by atoms with Crippen LogP contribution in [0.25, 0.3) is 10.8 Å². The van der Waals surface area contributed by atoms with Crippen LogP contribution in [-0.4, -0.2) is 15.0 Å². The molecule has 1 N–H and O–H groups in total. The predicted molar refractivity (Wildman–Crippen MR) is 94.2 cm³/mol. The van der Waals surface area contributed by atoms with Gasteiger partial charge in [0.2, 0.25) is 5.95 Å². The van der Waals surface area contributed by atoms with Crippen molar-refractivity contribution in [2.45, 2.75) is 33.7 Å². The second kappa shape index (κ2) is 8.04. The van der Waals surface area contributed by atoms with Crippen molar-refractivity contribution in [3.05, 3.63) is 65.6 Å². The Morgan fingerprint density at radius 3 is 2.42 bits per heavy atom. The number of fused-ring (bicyclic) bond motifs is 1. The van der Waals surface area contributed by atoms with Crippen LogP contribution in [0, 0.1) is 12.8 Å². The first kappa shape index (κ1) is 18.8. The molecule has 0 bridgehead atoms. The second-order valence-electron chi connectivity index (χ2n) is 5.96. The zero-order chi connectivity index (χ0) is 16.4. The third-order valence-electron chi connectivity index (χ3n) is 3.83. The molecule has 0 fully saturated rings. The molecule has 0 amide bonds. The van der Waals surface area contributed by atoms with Gasteiger partial charge in [0.05, 0.1) is 6.04 Å². The van der Waals surface area contributed by atoms with Gasteiger partial charge in [-0.3, -0.25) is 4.98 Å². The molecule has 0 aliphatic rings. The maximum absolute atomic E-state index is 4.51. The first-order chi connectivity index (χ1) is 11.0. The number of rotatable bonds is 4. The Bertz CT molecular complexity index is 827. The minimum absolute atomic E-state index is 0. The van der Waals surface area contributed by atoms with Crippen molar-refractivity contribution in [2.75, 3.05) is 5.32 Å². The van der Waals surface area contributed by atoms with E-state index in [0.29, 0.717) is 5.95 Å². The monoisotopic (exact) mass is 394 g/mol. The zero-order valence-corrected chi connectivity index (χ0v) is 17.4. The van der Waals surface area contributed by atoms with Gasteiger partial charge in [-0.2, -0.15) is 18.8 Å². The molecule has 0 radical (unpaired) electrons. The molecule has 1 aromatic heterocycles. The minimum Gasteiger partial charge on any atom is -0.348 e. The molecule has 0 saturated heterocycles. The molecule has 1 atom stereocenters. The number of hydrogen-bond acceptors (Lipinski definition) is 4. The summed E-state index contributed by atoms with van der Waals surface area (Å²) in [7, 11) is 0. The second-order valence-corrected chi connectivity index (χ2v) is 5.96. The van der Waals surface area contributed by atoms with E-state index in [-0.39, 0.29) is 38.8 Å². The van der Waals surface area contributed by atoms with Gasteiger partial charge < -0.3 is 11.2 Å². The molecular formula is C19H21N4Y+2. The van der Waals surface area contributed by atoms with Crippen LogP contribution >= 0.6 is 0 Å². The summed E-state index contributed by atoms with van der Waals surface area (Å²) >= 11 is 0. The number of aryl methyl sites for hydroxylation is 1. The standard InChI is InChI=1S/C19H21N4.Y/c1-12(2)18-21-14(4)22-19(23-18)20-13(3)16-11-7-9-15-8-5-6-10-17(15)16;/h5-11,13H,1-4H3,(H,20,21,22,23);/q-1;+3. The summed E-state index contributed by atoms with van der Waals surface area (Å²) in [6.45, 7) is 8.03. The molecule has 3 aromatic rings. The number of hydrogen-bond donors (Lipinski definition) is 1. The molecule has 0 saturated carbocycles. The maximum atomic E-state index is 4.51. The Kier molecular flexibility index (Phi) is 6.30. The third-order valence-corrected chi connectivity index (χ3v) is 3.83.